The number of hydrogen-bond donors (Lipinski definition) is 2. The number of nitrogens with zero attached hydrogens (tertiary/aromatic N) is 1. The average molecular weight is 1130 g/mol. The Hall–Kier alpha value is -3.88. The number of aliphatic hydroxyl groups excluding tert-OH is 1. The summed E-state index contributed by atoms with van der Waals surface area (Å²) >= 11 is 0. The van der Waals surface area contributed by atoms with E-state index < -0.39 is 26.6 Å². The number of phosphoric ester groups is 1. The maximum absolute atomic E-state index is 13.0. The number of likely N-dealkylation sites (N-methyl/N-ethyl adjacent to an activating group) is 1. The minimum absolute atomic E-state index is 0.0173. The largest absolute Gasteiger partial charge is 0.756 e. The Morgan fingerprint density at radius 3 is 1.16 bits per heavy atom. The van der Waals surface area contributed by atoms with E-state index in [1.165, 1.54) is 89.9 Å². The molecular weight excluding hydrogens is 1010 g/mol. The summed E-state index contributed by atoms with van der Waals surface area (Å²) in [5.74, 6) is -0.223. The predicted molar refractivity (Wildman–Crippen MR) is 347 cm³/mol. The summed E-state index contributed by atoms with van der Waals surface area (Å²) in [6.07, 6.45) is 93.4. The first kappa shape index (κ1) is 76.1. The molecule has 0 aliphatic heterocycles. The van der Waals surface area contributed by atoms with E-state index in [4.69, 9.17) is 9.05 Å². The zero-order valence-corrected chi connectivity index (χ0v) is 52.6. The van der Waals surface area contributed by atoms with Crippen LogP contribution in [0.25, 0.3) is 0 Å². The van der Waals surface area contributed by atoms with Gasteiger partial charge in [0.15, 0.2) is 0 Å². The Morgan fingerprint density at radius 2 is 0.775 bits per heavy atom. The number of unbranched alkanes of at least 4 members (excludes halogenated alkanes) is 19. The minimum atomic E-state index is -4.62. The molecule has 9 heteroatoms. The van der Waals surface area contributed by atoms with E-state index in [1.54, 1.807) is 6.08 Å². The topological polar surface area (TPSA) is 108 Å². The summed E-state index contributed by atoms with van der Waals surface area (Å²) in [6.45, 7) is 4.48. The number of carbonyl (C=O) groups is 1. The highest BCUT2D eigenvalue weighted by molar-refractivity contribution is 7.45. The van der Waals surface area contributed by atoms with Crippen molar-refractivity contribution in [3.63, 3.8) is 0 Å². The van der Waals surface area contributed by atoms with Gasteiger partial charge in [-0.25, -0.2) is 0 Å². The summed E-state index contributed by atoms with van der Waals surface area (Å²) in [4.78, 5) is 25.5. The molecule has 0 bridgehead atoms. The molecule has 0 aromatic heterocycles. The highest BCUT2D eigenvalue weighted by atomic mass is 31.2. The quantitative estimate of drug-likeness (QED) is 0.0272. The summed E-state index contributed by atoms with van der Waals surface area (Å²) in [6, 6.07) is -0.923. The van der Waals surface area contributed by atoms with Crippen LogP contribution in [0.4, 0.5) is 0 Å². The van der Waals surface area contributed by atoms with Crippen LogP contribution in [0.5, 0.6) is 0 Å². The normalized spacial score (nSPS) is 14.8. The van der Waals surface area contributed by atoms with Crippen LogP contribution in [0.15, 0.2) is 158 Å². The van der Waals surface area contributed by atoms with E-state index >= 15 is 0 Å². The van der Waals surface area contributed by atoms with E-state index in [0.29, 0.717) is 17.4 Å². The molecule has 0 heterocycles. The number of nitrogens with one attached hydrogen (secondary N) is 1. The molecule has 0 saturated heterocycles. The molecule has 454 valence electrons. The smallest absolute Gasteiger partial charge is 0.268 e. The van der Waals surface area contributed by atoms with Gasteiger partial charge >= 0.3 is 0 Å². The fraction of sp³-hybridized carbons (Fsp3) is 0.620. The molecule has 0 radical (unpaired) electrons. The van der Waals surface area contributed by atoms with E-state index in [9.17, 15) is 19.4 Å². The molecule has 8 nitrogen and oxygen atoms in total. The summed E-state index contributed by atoms with van der Waals surface area (Å²) < 4.78 is 23.3. The van der Waals surface area contributed by atoms with Crippen molar-refractivity contribution in [2.75, 3.05) is 40.9 Å². The number of carbonyl (C=O) groups excluding carboxylic acids is 1. The maximum atomic E-state index is 13.0. The van der Waals surface area contributed by atoms with Crippen LogP contribution in [0.3, 0.4) is 0 Å². The van der Waals surface area contributed by atoms with Crippen LogP contribution in [-0.4, -0.2) is 68.5 Å². The Bertz CT molecular complexity index is 1860. The van der Waals surface area contributed by atoms with Crippen molar-refractivity contribution < 1.29 is 32.9 Å². The first-order valence-corrected chi connectivity index (χ1v) is 33.3. The van der Waals surface area contributed by atoms with Gasteiger partial charge in [-0.3, -0.25) is 9.36 Å². The van der Waals surface area contributed by atoms with E-state index in [2.05, 4.69) is 165 Å². The fourth-order valence-corrected chi connectivity index (χ4v) is 8.99. The Balaban J connectivity index is 4.16. The first-order valence-electron chi connectivity index (χ1n) is 31.8. The Morgan fingerprint density at radius 1 is 0.450 bits per heavy atom. The SMILES string of the molecule is CC/C=C\C/C=C\C/C=C\C/C=C\C/C=C\C/C=C\C/C=C\C/C=C\C/C=C\C/C=C\CCCCCCCCCCCCC(=O)NC(COP(=O)([O-])OCC[N+](C)(C)C)C(O)/C=C/CC/C=C/CC/C=C/CCCCCCCCC. The van der Waals surface area contributed by atoms with Crippen LogP contribution in [0.2, 0.25) is 0 Å². The van der Waals surface area contributed by atoms with E-state index in [0.717, 1.165) is 122 Å². The van der Waals surface area contributed by atoms with Gasteiger partial charge in [-0.05, 0) is 122 Å². The number of amides is 1. The van der Waals surface area contributed by atoms with E-state index in [1.807, 2.05) is 27.2 Å². The Labute approximate surface area is 492 Å². The summed E-state index contributed by atoms with van der Waals surface area (Å²) in [5.41, 5.74) is 0. The minimum Gasteiger partial charge on any atom is -0.756 e. The van der Waals surface area contributed by atoms with Crippen LogP contribution >= 0.6 is 7.82 Å². The standard InChI is InChI=1S/C71H119N2O6P/c1-6-8-10-12-14-16-18-20-22-24-25-26-27-28-29-30-31-32-33-34-35-36-37-38-39-40-41-42-43-44-45-46-47-49-51-53-55-57-59-61-63-65-71(75)72-69(68-79-80(76,77)78-67-66-73(3,4)5)70(74)64-62-60-58-56-54-52-50-48-23-21-19-17-15-13-11-9-7-2/h8,10,14,16,20,22-23,25-26,28-29,31-32,34-35,37-38,40-41,43-44,48,54,56,62,64,69-70,74H,6-7,9,11-13,15,17-19,21,24,27,30,33,36,39,42,45-47,49-53,55,57-61,63,65-68H2,1-5H3,(H-,72,75,76,77)/b10-8-,16-14-,22-20-,26-25-,29-28-,32-31-,35-34-,38-37-,41-40-,44-43-,48-23+,56-54+,64-62+. The fourth-order valence-electron chi connectivity index (χ4n) is 8.27. The third-order valence-corrected chi connectivity index (χ3v) is 14.2. The molecule has 0 rings (SSSR count). The monoisotopic (exact) mass is 1130 g/mol. The van der Waals surface area contributed by atoms with Crippen LogP contribution in [0.1, 0.15) is 232 Å². The highest BCUT2D eigenvalue weighted by Crippen LogP contribution is 2.38. The summed E-state index contributed by atoms with van der Waals surface area (Å²) in [7, 11) is 1.21. The van der Waals surface area contributed by atoms with Crippen molar-refractivity contribution in [1.82, 2.24) is 5.32 Å². The number of phosphoric acid groups is 1. The molecule has 0 aromatic carbocycles. The molecule has 0 aliphatic carbocycles. The molecule has 80 heavy (non-hydrogen) atoms. The molecule has 0 fully saturated rings. The van der Waals surface area contributed by atoms with E-state index in [-0.39, 0.29) is 12.5 Å². The van der Waals surface area contributed by atoms with Crippen molar-refractivity contribution in [1.29, 1.82) is 0 Å². The van der Waals surface area contributed by atoms with Gasteiger partial charge in [0.05, 0.1) is 39.9 Å². The molecular formula is C71H119N2O6P. The van der Waals surface area contributed by atoms with Crippen LogP contribution in [0, 0.1) is 0 Å². The molecule has 2 N–H and O–H groups in total. The first-order chi connectivity index (χ1) is 39.0. The summed E-state index contributed by atoms with van der Waals surface area (Å²) in [5, 5.41) is 13.9. The second-order valence-corrected chi connectivity index (χ2v) is 23.4. The number of hydrogen-bond acceptors (Lipinski definition) is 6. The van der Waals surface area contributed by atoms with Crippen LogP contribution in [-0.2, 0) is 18.4 Å². The average Bonchev–Trinajstić information content (AvgIpc) is 3.42. The second kappa shape index (κ2) is 59.7. The van der Waals surface area contributed by atoms with Gasteiger partial charge in [-0.1, -0.05) is 262 Å². The van der Waals surface area contributed by atoms with Gasteiger partial charge < -0.3 is 28.8 Å². The van der Waals surface area contributed by atoms with Gasteiger partial charge in [-0.15, -0.1) is 0 Å². The number of aliphatic hydroxyl groups is 1. The number of allylic oxidation sites excluding steroid dienone is 25. The molecule has 1 amide bonds. The van der Waals surface area contributed by atoms with Gasteiger partial charge in [0.1, 0.15) is 13.2 Å². The lowest BCUT2D eigenvalue weighted by atomic mass is 10.0. The van der Waals surface area contributed by atoms with Crippen molar-refractivity contribution >= 4 is 13.7 Å². The number of quaternary nitrogens is 1. The van der Waals surface area contributed by atoms with Crippen molar-refractivity contribution in [2.45, 2.75) is 244 Å². The number of rotatable bonds is 56. The van der Waals surface area contributed by atoms with Gasteiger partial charge in [0, 0.05) is 6.42 Å². The lowest BCUT2D eigenvalue weighted by Crippen LogP contribution is -2.45. The molecule has 0 aromatic rings. The second-order valence-electron chi connectivity index (χ2n) is 22.0. The predicted octanol–water partition coefficient (Wildman–Crippen LogP) is 19.6. The van der Waals surface area contributed by atoms with Crippen LogP contribution < -0.4 is 10.2 Å². The van der Waals surface area contributed by atoms with Crippen molar-refractivity contribution in [3.8, 4) is 0 Å². The molecule has 0 spiro atoms. The van der Waals surface area contributed by atoms with Gasteiger partial charge in [0.25, 0.3) is 7.82 Å². The van der Waals surface area contributed by atoms with Crippen molar-refractivity contribution in [3.05, 3.63) is 158 Å². The molecule has 0 saturated carbocycles. The lowest BCUT2D eigenvalue weighted by Gasteiger charge is -2.29. The highest BCUT2D eigenvalue weighted by Gasteiger charge is 2.23. The maximum Gasteiger partial charge on any atom is 0.268 e. The van der Waals surface area contributed by atoms with Crippen molar-refractivity contribution in [2.24, 2.45) is 0 Å². The lowest BCUT2D eigenvalue weighted by molar-refractivity contribution is -0.870. The molecule has 0 aliphatic rings. The zero-order valence-electron chi connectivity index (χ0n) is 51.7. The molecule has 3 atom stereocenters. The van der Waals surface area contributed by atoms with Gasteiger partial charge in [0.2, 0.25) is 5.91 Å². The zero-order chi connectivity index (χ0) is 58.4. The van der Waals surface area contributed by atoms with Gasteiger partial charge in [-0.2, -0.15) is 0 Å². The third kappa shape index (κ3) is 61.7. The molecule has 3 unspecified atom stereocenters. The Kier molecular flexibility index (Phi) is 56.8. The third-order valence-electron chi connectivity index (χ3n) is 13.2.